The zero-order valence-electron chi connectivity index (χ0n) is 16.7. The van der Waals surface area contributed by atoms with Crippen LogP contribution in [0, 0.1) is 0 Å². The largest absolute Gasteiger partial charge is 0.494 e. The summed E-state index contributed by atoms with van der Waals surface area (Å²) >= 11 is 0. The van der Waals surface area contributed by atoms with E-state index in [-0.39, 0.29) is 17.7 Å². The van der Waals surface area contributed by atoms with Crippen LogP contribution >= 0.6 is 0 Å². The number of aromatic nitrogens is 1. The number of nitrogens with one attached hydrogen (secondary N) is 2. The molecule has 3 aromatic rings. The van der Waals surface area contributed by atoms with Gasteiger partial charge in [0.15, 0.2) is 0 Å². The van der Waals surface area contributed by atoms with E-state index >= 15 is 0 Å². The van der Waals surface area contributed by atoms with Crippen LogP contribution in [0.1, 0.15) is 40.2 Å². The molecule has 6 nitrogen and oxygen atoms in total. The highest BCUT2D eigenvalue weighted by Gasteiger charge is 2.26. The van der Waals surface area contributed by atoms with E-state index in [1.54, 1.807) is 36.5 Å². The first-order valence-corrected chi connectivity index (χ1v) is 9.94. The highest BCUT2D eigenvalue weighted by molar-refractivity contribution is 6.05. The molecule has 30 heavy (non-hydrogen) atoms. The highest BCUT2D eigenvalue weighted by Crippen LogP contribution is 2.33. The van der Waals surface area contributed by atoms with Crippen LogP contribution in [-0.2, 0) is 11.2 Å². The topological polar surface area (TPSA) is 80.3 Å². The molecular formula is C24H23N3O3. The summed E-state index contributed by atoms with van der Waals surface area (Å²) in [6, 6.07) is 16.7. The summed E-state index contributed by atoms with van der Waals surface area (Å²) in [6.07, 6.45) is 5.95. The molecule has 1 unspecified atom stereocenters. The molecule has 0 bridgehead atoms. The molecule has 0 radical (unpaired) electrons. The fourth-order valence-electron chi connectivity index (χ4n) is 3.82. The fourth-order valence-corrected chi connectivity index (χ4v) is 3.82. The number of methoxy groups -OCH3 is 1. The number of rotatable bonds is 5. The molecule has 1 atom stereocenters. The van der Waals surface area contributed by atoms with E-state index < -0.39 is 0 Å². The van der Waals surface area contributed by atoms with E-state index in [0.717, 1.165) is 24.8 Å². The molecule has 0 saturated heterocycles. The van der Waals surface area contributed by atoms with Crippen molar-refractivity contribution in [3.63, 3.8) is 0 Å². The number of amides is 2. The van der Waals surface area contributed by atoms with Crippen LogP contribution in [0.25, 0.3) is 0 Å². The minimum atomic E-state index is -0.281. The predicted octanol–water partition coefficient (Wildman–Crippen LogP) is 4.40. The number of hydrogen-bond acceptors (Lipinski definition) is 4. The molecule has 1 aromatic heterocycles. The molecule has 1 aliphatic rings. The van der Waals surface area contributed by atoms with E-state index in [1.807, 2.05) is 18.2 Å². The first kappa shape index (κ1) is 19.6. The van der Waals surface area contributed by atoms with Crippen molar-refractivity contribution in [2.75, 3.05) is 17.7 Å². The lowest BCUT2D eigenvalue weighted by molar-refractivity contribution is -0.117. The van der Waals surface area contributed by atoms with Crippen LogP contribution in [0.3, 0.4) is 0 Å². The lowest BCUT2D eigenvalue weighted by atomic mass is 9.82. The second-order valence-electron chi connectivity index (χ2n) is 7.24. The molecule has 1 aliphatic carbocycles. The van der Waals surface area contributed by atoms with Gasteiger partial charge in [0, 0.05) is 24.1 Å². The number of carbonyl (C=O) groups excluding carboxylic acids is 2. The maximum absolute atomic E-state index is 12.9. The lowest BCUT2D eigenvalue weighted by Gasteiger charge is -2.24. The molecule has 4 rings (SSSR count). The third-order valence-corrected chi connectivity index (χ3v) is 5.33. The Hall–Kier alpha value is -3.67. The quantitative estimate of drug-likeness (QED) is 0.664. The third kappa shape index (κ3) is 4.17. The van der Waals surface area contributed by atoms with E-state index in [4.69, 9.17) is 4.74 Å². The summed E-state index contributed by atoms with van der Waals surface area (Å²) in [4.78, 5) is 29.3. The van der Waals surface area contributed by atoms with E-state index in [2.05, 4.69) is 21.7 Å². The standard InChI is InChI=1S/C24H23N3O3/c1-30-22-14-18(11-12-21(22)27-23(28)17-8-5-13-25-15-17)26-24(29)20-10-4-7-16-6-2-3-9-19(16)20/h2-3,5-6,8-9,11-15,20H,4,7,10H2,1H3,(H,26,29)(H,27,28). The van der Waals surface area contributed by atoms with Gasteiger partial charge in [-0.15, -0.1) is 0 Å². The SMILES string of the molecule is COc1cc(NC(=O)C2CCCc3ccccc32)ccc1NC(=O)c1cccnc1. The Morgan fingerprint density at radius 1 is 1.07 bits per heavy atom. The minimum Gasteiger partial charge on any atom is -0.494 e. The van der Waals surface area contributed by atoms with Gasteiger partial charge in [-0.1, -0.05) is 24.3 Å². The minimum absolute atomic E-state index is 0.0312. The Morgan fingerprint density at radius 2 is 1.93 bits per heavy atom. The highest BCUT2D eigenvalue weighted by atomic mass is 16.5. The van der Waals surface area contributed by atoms with Crippen molar-refractivity contribution >= 4 is 23.2 Å². The molecule has 0 spiro atoms. The number of fused-ring (bicyclic) bond motifs is 1. The number of carbonyl (C=O) groups is 2. The molecule has 6 heteroatoms. The molecule has 2 amide bonds. The Balaban J connectivity index is 1.49. The summed E-state index contributed by atoms with van der Waals surface area (Å²) < 4.78 is 5.42. The maximum atomic E-state index is 12.9. The van der Waals surface area contributed by atoms with Crippen molar-refractivity contribution in [2.45, 2.75) is 25.2 Å². The van der Waals surface area contributed by atoms with Crippen molar-refractivity contribution in [3.05, 3.63) is 83.7 Å². The Labute approximate surface area is 175 Å². The van der Waals surface area contributed by atoms with E-state index in [0.29, 0.717) is 22.7 Å². The van der Waals surface area contributed by atoms with Crippen molar-refractivity contribution in [1.82, 2.24) is 4.98 Å². The molecule has 0 aliphatic heterocycles. The van der Waals surface area contributed by atoms with Gasteiger partial charge >= 0.3 is 0 Å². The summed E-state index contributed by atoms with van der Waals surface area (Å²) in [7, 11) is 1.53. The molecule has 2 N–H and O–H groups in total. The molecule has 1 heterocycles. The van der Waals surface area contributed by atoms with Crippen LogP contribution in [-0.4, -0.2) is 23.9 Å². The van der Waals surface area contributed by atoms with Gasteiger partial charge in [0.2, 0.25) is 5.91 Å². The number of benzene rings is 2. The first-order valence-electron chi connectivity index (χ1n) is 9.94. The maximum Gasteiger partial charge on any atom is 0.257 e. The van der Waals surface area contributed by atoms with Gasteiger partial charge in [-0.05, 0) is 54.7 Å². The van der Waals surface area contributed by atoms with Crippen molar-refractivity contribution in [1.29, 1.82) is 0 Å². The Morgan fingerprint density at radius 3 is 2.73 bits per heavy atom. The van der Waals surface area contributed by atoms with Gasteiger partial charge in [-0.25, -0.2) is 0 Å². The van der Waals surface area contributed by atoms with E-state index in [9.17, 15) is 9.59 Å². The number of pyridine rings is 1. The van der Waals surface area contributed by atoms with Gasteiger partial charge < -0.3 is 15.4 Å². The molecule has 0 saturated carbocycles. The van der Waals surface area contributed by atoms with Gasteiger partial charge in [0.1, 0.15) is 5.75 Å². The van der Waals surface area contributed by atoms with E-state index in [1.165, 1.54) is 18.9 Å². The van der Waals surface area contributed by atoms with Crippen molar-refractivity contribution in [2.24, 2.45) is 0 Å². The number of anilines is 2. The smallest absolute Gasteiger partial charge is 0.257 e. The summed E-state index contributed by atoms with van der Waals surface area (Å²) in [5.74, 6) is -0.00617. The number of aryl methyl sites for hydroxylation is 1. The van der Waals surface area contributed by atoms with Gasteiger partial charge in [0.05, 0.1) is 24.3 Å². The van der Waals surface area contributed by atoms with Crippen LogP contribution in [0.5, 0.6) is 5.75 Å². The average Bonchev–Trinajstić information content (AvgIpc) is 2.80. The van der Waals surface area contributed by atoms with Crippen molar-refractivity contribution < 1.29 is 14.3 Å². The van der Waals surface area contributed by atoms with Crippen LogP contribution < -0.4 is 15.4 Å². The van der Waals surface area contributed by atoms with Gasteiger partial charge in [-0.2, -0.15) is 0 Å². The summed E-state index contributed by atoms with van der Waals surface area (Å²) in [6.45, 7) is 0. The third-order valence-electron chi connectivity index (χ3n) is 5.33. The monoisotopic (exact) mass is 401 g/mol. The molecule has 2 aromatic carbocycles. The Bertz CT molecular complexity index is 1070. The zero-order valence-corrected chi connectivity index (χ0v) is 16.7. The second-order valence-corrected chi connectivity index (χ2v) is 7.24. The van der Waals surface area contributed by atoms with Crippen LogP contribution in [0.4, 0.5) is 11.4 Å². The second kappa shape index (κ2) is 8.78. The molecule has 152 valence electrons. The summed E-state index contributed by atoms with van der Waals surface area (Å²) in [5, 5.41) is 5.82. The number of ether oxygens (including phenoxy) is 1. The molecular weight excluding hydrogens is 378 g/mol. The number of hydrogen-bond donors (Lipinski definition) is 2. The number of nitrogens with zero attached hydrogens (tertiary/aromatic N) is 1. The summed E-state index contributed by atoms with van der Waals surface area (Å²) in [5.41, 5.74) is 3.95. The normalized spacial score (nSPS) is 15.0. The first-order chi connectivity index (χ1) is 14.7. The zero-order chi connectivity index (χ0) is 20.9. The van der Waals surface area contributed by atoms with Crippen LogP contribution in [0.15, 0.2) is 67.0 Å². The molecule has 0 fully saturated rings. The lowest BCUT2D eigenvalue weighted by Crippen LogP contribution is -2.24. The fraction of sp³-hybridized carbons (Fsp3) is 0.208. The Kier molecular flexibility index (Phi) is 5.75. The van der Waals surface area contributed by atoms with Gasteiger partial charge in [-0.3, -0.25) is 14.6 Å². The van der Waals surface area contributed by atoms with Crippen LogP contribution in [0.2, 0.25) is 0 Å². The van der Waals surface area contributed by atoms with Gasteiger partial charge in [0.25, 0.3) is 5.91 Å². The van der Waals surface area contributed by atoms with Crippen molar-refractivity contribution in [3.8, 4) is 5.75 Å². The predicted molar refractivity (Wildman–Crippen MR) is 116 cm³/mol. The average molecular weight is 401 g/mol.